The van der Waals surface area contributed by atoms with Gasteiger partial charge in [0, 0.05) is 0 Å². The van der Waals surface area contributed by atoms with Gasteiger partial charge in [-0.25, -0.2) is 0 Å². The van der Waals surface area contributed by atoms with Gasteiger partial charge in [-0.3, -0.25) is 0 Å². The molecule has 0 amide bonds. The number of benzene rings is 1. The number of rotatable bonds is 1. The summed E-state index contributed by atoms with van der Waals surface area (Å²) in [5.41, 5.74) is 0. The third-order valence-electron chi connectivity index (χ3n) is 0.920. The van der Waals surface area contributed by atoms with Crippen molar-refractivity contribution in [2.45, 2.75) is 0 Å². The molecule has 3 heteroatoms. The monoisotopic (exact) mass is 124 g/mol. The molecule has 1 aromatic rings. The summed E-state index contributed by atoms with van der Waals surface area (Å²) in [6.45, 7) is 0. The summed E-state index contributed by atoms with van der Waals surface area (Å²) in [6.07, 6.45) is 0. The molecule has 0 aliphatic rings. The average Bonchev–Trinajstić information content (AvgIpc) is 1.90. The molecule has 0 aliphatic heterocycles. The van der Waals surface area contributed by atoms with Crippen LogP contribution in [0.2, 0.25) is 0 Å². The van der Waals surface area contributed by atoms with E-state index in [1.54, 1.807) is 0 Å². The van der Waals surface area contributed by atoms with Crippen LogP contribution in [0.25, 0.3) is 0 Å². The predicted octanol–water partition coefficient (Wildman–Crippen LogP) is 1.09. The maximum atomic E-state index is 10.4. The molecule has 0 aromatic heterocycles. The molecule has 1 rings (SSSR count). The highest BCUT2D eigenvalue weighted by molar-refractivity contribution is 5.38. The Morgan fingerprint density at radius 1 is 1.22 bits per heavy atom. The smallest absolute Gasteiger partial charge is 0.438 e. The first-order valence-corrected chi connectivity index (χ1v) is 2.40. The van der Waals surface area contributed by atoms with Gasteiger partial charge in [0.15, 0.2) is 0 Å². The molecule has 46 valence electrons. The summed E-state index contributed by atoms with van der Waals surface area (Å²) in [5.74, 6) is 0.0328. The molecule has 1 aromatic carbocycles. The lowest BCUT2D eigenvalue weighted by atomic mass is 10.3. The van der Waals surface area contributed by atoms with Crippen LogP contribution in [0.1, 0.15) is 0 Å². The molecule has 3 nitrogen and oxygen atoms in total. The van der Waals surface area contributed by atoms with Crippen LogP contribution in [-0.4, -0.2) is 0 Å². The summed E-state index contributed by atoms with van der Waals surface area (Å²) < 4.78 is 3.58. The third-order valence-corrected chi connectivity index (χ3v) is 0.920. The van der Waals surface area contributed by atoms with Gasteiger partial charge in [-0.15, -0.1) is 5.75 Å². The van der Waals surface area contributed by atoms with Crippen LogP contribution >= 0.6 is 0 Å². The van der Waals surface area contributed by atoms with E-state index in [1.165, 1.54) is 24.3 Å². The summed E-state index contributed by atoms with van der Waals surface area (Å²) in [4.78, 5) is 9.64. The van der Waals surface area contributed by atoms with Gasteiger partial charge in [-0.05, 0) is 0 Å². The average molecular weight is 124 g/mol. The first-order valence-electron chi connectivity index (χ1n) is 2.40. The van der Waals surface area contributed by atoms with E-state index in [9.17, 15) is 10.1 Å². The van der Waals surface area contributed by atoms with E-state index in [2.05, 4.69) is 4.60 Å². The molecule has 0 fully saturated rings. The SMILES string of the molecule is O=[O+]c1ccc([O-])cc1. The van der Waals surface area contributed by atoms with Crippen molar-refractivity contribution in [1.82, 2.24) is 0 Å². The van der Waals surface area contributed by atoms with Crippen molar-refractivity contribution in [3.8, 4) is 11.5 Å². The van der Waals surface area contributed by atoms with Crippen LogP contribution in [-0.2, 0) is 0 Å². The Morgan fingerprint density at radius 3 is 2.22 bits per heavy atom. The standard InChI is InChI=1S/C6H4O3/c7-5-1-3-6(9-8)4-2-5/h1-4H. The second-order valence-electron chi connectivity index (χ2n) is 1.55. The van der Waals surface area contributed by atoms with E-state index in [1.807, 2.05) is 0 Å². The Balaban J connectivity index is 3.01. The van der Waals surface area contributed by atoms with Gasteiger partial charge in [-0.1, -0.05) is 12.1 Å². The van der Waals surface area contributed by atoms with Crippen molar-refractivity contribution in [1.29, 1.82) is 0 Å². The van der Waals surface area contributed by atoms with Gasteiger partial charge in [0.25, 0.3) is 0 Å². The van der Waals surface area contributed by atoms with Gasteiger partial charge >= 0.3 is 5.75 Å². The Hall–Kier alpha value is -1.38. The third kappa shape index (κ3) is 1.25. The Kier molecular flexibility index (Phi) is 1.44. The Bertz CT molecular complexity index is 202. The molecule has 0 bridgehead atoms. The van der Waals surface area contributed by atoms with E-state index in [-0.39, 0.29) is 11.5 Å². The number of hydrogen-bond acceptors (Lipinski definition) is 2. The molecular formula is C6H4O3. The molecule has 0 saturated carbocycles. The molecule has 0 radical (unpaired) electrons. The zero-order chi connectivity index (χ0) is 6.69. The van der Waals surface area contributed by atoms with E-state index < -0.39 is 0 Å². The highest BCUT2D eigenvalue weighted by atomic mass is 16.8. The highest BCUT2D eigenvalue weighted by Crippen LogP contribution is 2.14. The lowest BCUT2D eigenvalue weighted by Crippen LogP contribution is -1.85. The molecule has 0 spiro atoms. The first kappa shape index (κ1) is 5.75. The minimum Gasteiger partial charge on any atom is -0.872 e. The van der Waals surface area contributed by atoms with E-state index >= 15 is 0 Å². The van der Waals surface area contributed by atoms with Crippen LogP contribution in [0.5, 0.6) is 11.5 Å². The maximum Gasteiger partial charge on any atom is 0.438 e. The van der Waals surface area contributed by atoms with Crippen molar-refractivity contribution in [3.05, 3.63) is 33.8 Å². The molecule has 0 atom stereocenters. The molecule has 0 unspecified atom stereocenters. The quantitative estimate of drug-likeness (QED) is 0.526. The van der Waals surface area contributed by atoms with Crippen molar-refractivity contribution in [2.24, 2.45) is 0 Å². The molecule has 9 heavy (non-hydrogen) atoms. The Labute approximate surface area is 51.5 Å². The first-order chi connectivity index (χ1) is 4.33. The van der Waals surface area contributed by atoms with Crippen molar-refractivity contribution in [3.63, 3.8) is 0 Å². The molecule has 0 heterocycles. The maximum absolute atomic E-state index is 10.4. The topological polar surface area (TPSA) is 51.4 Å². The molecular weight excluding hydrogens is 120 g/mol. The van der Waals surface area contributed by atoms with Crippen LogP contribution in [0, 0.1) is 9.56 Å². The van der Waals surface area contributed by atoms with Gasteiger partial charge in [0.2, 0.25) is 4.96 Å². The van der Waals surface area contributed by atoms with E-state index in [0.717, 1.165) is 0 Å². The summed E-state index contributed by atoms with van der Waals surface area (Å²) in [6, 6.07) is 5.20. The lowest BCUT2D eigenvalue weighted by molar-refractivity contribution is -0.268. The van der Waals surface area contributed by atoms with Crippen molar-refractivity contribution in [2.75, 3.05) is 0 Å². The fourth-order valence-corrected chi connectivity index (χ4v) is 0.495. The minimum atomic E-state index is -0.129. The zero-order valence-corrected chi connectivity index (χ0v) is 4.53. The fraction of sp³-hybridized carbons (Fsp3) is 0. The molecule has 0 saturated heterocycles. The van der Waals surface area contributed by atoms with Crippen LogP contribution in [0.4, 0.5) is 0 Å². The second-order valence-corrected chi connectivity index (χ2v) is 1.55. The van der Waals surface area contributed by atoms with Gasteiger partial charge in [0.05, 0.1) is 16.7 Å². The second kappa shape index (κ2) is 2.26. The minimum absolute atomic E-state index is 0.129. The summed E-state index contributed by atoms with van der Waals surface area (Å²) >= 11 is 0. The largest absolute Gasteiger partial charge is 0.872 e. The van der Waals surface area contributed by atoms with Crippen molar-refractivity contribution >= 4 is 0 Å². The fourth-order valence-electron chi connectivity index (χ4n) is 0.495. The number of hydrogen-bond donors (Lipinski definition) is 0. The molecule has 0 aliphatic carbocycles. The Morgan fingerprint density at radius 2 is 1.78 bits per heavy atom. The van der Waals surface area contributed by atoms with E-state index in [4.69, 9.17) is 0 Å². The van der Waals surface area contributed by atoms with Crippen LogP contribution < -0.4 is 5.11 Å². The summed E-state index contributed by atoms with van der Waals surface area (Å²) in [5, 5.41) is 10.4. The predicted molar refractivity (Wildman–Crippen MR) is 32.1 cm³/mol. The van der Waals surface area contributed by atoms with E-state index in [0.29, 0.717) is 0 Å². The van der Waals surface area contributed by atoms with Gasteiger partial charge < -0.3 is 5.11 Å². The zero-order valence-electron chi connectivity index (χ0n) is 4.53. The van der Waals surface area contributed by atoms with Crippen LogP contribution in [0.3, 0.4) is 0 Å². The van der Waals surface area contributed by atoms with Crippen LogP contribution in [0.15, 0.2) is 24.3 Å². The van der Waals surface area contributed by atoms with Gasteiger partial charge in [-0.2, -0.15) is 0 Å². The molecule has 0 N–H and O–H groups in total. The highest BCUT2D eigenvalue weighted by Gasteiger charge is 1.99. The van der Waals surface area contributed by atoms with Gasteiger partial charge in [0.1, 0.15) is 0 Å². The normalized spacial score (nSPS) is 8.89. The summed E-state index contributed by atoms with van der Waals surface area (Å²) in [7, 11) is 0. The van der Waals surface area contributed by atoms with Crippen molar-refractivity contribution < 1.29 is 5.11 Å². The lowest BCUT2D eigenvalue weighted by Gasteiger charge is -1.97.